The number of hydrogen-bond donors (Lipinski definition) is 1. The number of nitrogens with zero attached hydrogens (tertiary/aromatic N) is 2. The van der Waals surface area contributed by atoms with Gasteiger partial charge in [0.1, 0.15) is 24.5 Å². The minimum absolute atomic E-state index is 0.0109. The van der Waals surface area contributed by atoms with Crippen molar-refractivity contribution in [2.45, 2.75) is 6.42 Å². The SMILES string of the molecule is O=C(Nc1ccc(C(=O)N2CCCOCC2)cc1)c1cc2ccc(N(CCF)CCF)cc2oc1=O. The summed E-state index contributed by atoms with van der Waals surface area (Å²) in [7, 11) is 0. The molecule has 0 aliphatic carbocycles. The number of anilines is 2. The average molecular weight is 500 g/mol. The Kier molecular flexibility index (Phi) is 8.27. The minimum Gasteiger partial charge on any atom is -0.422 e. The van der Waals surface area contributed by atoms with Crippen molar-refractivity contribution in [3.63, 3.8) is 0 Å². The topological polar surface area (TPSA) is 92.1 Å². The summed E-state index contributed by atoms with van der Waals surface area (Å²) in [5.41, 5.74) is 0.599. The number of benzene rings is 2. The molecule has 36 heavy (non-hydrogen) atoms. The number of halogens is 2. The van der Waals surface area contributed by atoms with Gasteiger partial charge in [0.05, 0.1) is 6.61 Å². The average Bonchev–Trinajstić information content (AvgIpc) is 3.17. The van der Waals surface area contributed by atoms with E-state index in [0.29, 0.717) is 48.6 Å². The highest BCUT2D eigenvalue weighted by molar-refractivity contribution is 6.05. The van der Waals surface area contributed by atoms with Crippen LogP contribution in [0.3, 0.4) is 0 Å². The van der Waals surface area contributed by atoms with Gasteiger partial charge in [-0.15, -0.1) is 0 Å². The molecule has 1 aliphatic heterocycles. The normalized spacial score (nSPS) is 13.9. The molecule has 0 bridgehead atoms. The molecule has 0 atom stereocenters. The monoisotopic (exact) mass is 499 g/mol. The minimum atomic E-state index is -0.838. The van der Waals surface area contributed by atoms with Crippen LogP contribution in [0.1, 0.15) is 27.1 Å². The zero-order valence-electron chi connectivity index (χ0n) is 19.7. The second-order valence-electron chi connectivity index (χ2n) is 8.32. The first-order valence-corrected chi connectivity index (χ1v) is 11.7. The highest BCUT2D eigenvalue weighted by Crippen LogP contribution is 2.23. The number of carbonyl (C=O) groups excluding carboxylic acids is 2. The van der Waals surface area contributed by atoms with Crippen LogP contribution in [0.15, 0.2) is 57.7 Å². The smallest absolute Gasteiger partial charge is 0.349 e. The summed E-state index contributed by atoms with van der Waals surface area (Å²) in [5.74, 6) is -0.764. The number of amides is 2. The van der Waals surface area contributed by atoms with Crippen LogP contribution in [0.5, 0.6) is 0 Å². The molecule has 10 heteroatoms. The first kappa shape index (κ1) is 25.3. The number of fused-ring (bicyclic) bond motifs is 1. The Morgan fingerprint density at radius 3 is 2.44 bits per heavy atom. The predicted molar refractivity (Wildman–Crippen MR) is 132 cm³/mol. The fourth-order valence-electron chi connectivity index (χ4n) is 4.06. The molecule has 1 aliphatic rings. The van der Waals surface area contributed by atoms with Crippen molar-refractivity contribution in [2.24, 2.45) is 0 Å². The number of carbonyl (C=O) groups is 2. The molecule has 1 saturated heterocycles. The summed E-state index contributed by atoms with van der Waals surface area (Å²) in [6.07, 6.45) is 0.781. The van der Waals surface area contributed by atoms with Crippen LogP contribution in [0.25, 0.3) is 11.0 Å². The van der Waals surface area contributed by atoms with E-state index in [9.17, 15) is 23.2 Å². The van der Waals surface area contributed by atoms with Gasteiger partial charge in [-0.3, -0.25) is 9.59 Å². The Morgan fingerprint density at radius 2 is 1.72 bits per heavy atom. The van der Waals surface area contributed by atoms with Gasteiger partial charge in [-0.25, -0.2) is 13.6 Å². The molecular weight excluding hydrogens is 472 g/mol. The Bertz CT molecular complexity index is 1260. The summed E-state index contributed by atoms with van der Waals surface area (Å²) in [5, 5.41) is 3.14. The largest absolute Gasteiger partial charge is 0.422 e. The van der Waals surface area contributed by atoms with Crippen LogP contribution in [0, 0.1) is 0 Å². The van der Waals surface area contributed by atoms with E-state index in [-0.39, 0.29) is 30.1 Å². The lowest BCUT2D eigenvalue weighted by Gasteiger charge is -2.22. The first-order chi connectivity index (χ1) is 17.5. The molecule has 3 aromatic rings. The quantitative estimate of drug-likeness (QED) is 0.476. The number of nitrogens with one attached hydrogen (secondary N) is 1. The summed E-state index contributed by atoms with van der Waals surface area (Å²) in [4.78, 5) is 41.2. The van der Waals surface area contributed by atoms with Crippen molar-refractivity contribution in [1.82, 2.24) is 4.90 Å². The van der Waals surface area contributed by atoms with E-state index >= 15 is 0 Å². The third-order valence-corrected chi connectivity index (χ3v) is 5.94. The fraction of sp³-hybridized carbons (Fsp3) is 0.346. The van der Waals surface area contributed by atoms with E-state index in [0.717, 1.165) is 6.42 Å². The summed E-state index contributed by atoms with van der Waals surface area (Å²) < 4.78 is 36.3. The Balaban J connectivity index is 1.48. The standard InChI is InChI=1S/C26H27F2N3O5/c27-8-11-30(12-9-28)21-7-4-19-16-22(26(34)36-23(19)17-21)24(32)29-20-5-2-18(3-6-20)25(33)31-10-1-14-35-15-13-31/h2-7,16-17H,1,8-15H2,(H,29,32). The van der Waals surface area contributed by atoms with E-state index in [2.05, 4.69) is 5.32 Å². The van der Waals surface area contributed by atoms with E-state index in [4.69, 9.17) is 9.15 Å². The second-order valence-corrected chi connectivity index (χ2v) is 8.32. The van der Waals surface area contributed by atoms with Crippen LogP contribution < -0.4 is 15.8 Å². The maximum atomic E-state index is 12.8. The fourth-order valence-corrected chi connectivity index (χ4v) is 4.06. The molecule has 2 amide bonds. The molecule has 0 saturated carbocycles. The highest BCUT2D eigenvalue weighted by Gasteiger charge is 2.19. The van der Waals surface area contributed by atoms with Crippen molar-refractivity contribution in [1.29, 1.82) is 0 Å². The van der Waals surface area contributed by atoms with Crippen molar-refractivity contribution in [3.8, 4) is 0 Å². The van der Waals surface area contributed by atoms with E-state index < -0.39 is 24.9 Å². The number of hydrogen-bond acceptors (Lipinski definition) is 6. The molecule has 2 aromatic carbocycles. The number of alkyl halides is 2. The van der Waals surface area contributed by atoms with Gasteiger partial charge in [0.15, 0.2) is 0 Å². The van der Waals surface area contributed by atoms with Gasteiger partial charge in [-0.1, -0.05) is 0 Å². The zero-order chi connectivity index (χ0) is 25.5. The molecule has 190 valence electrons. The Morgan fingerprint density at radius 1 is 0.972 bits per heavy atom. The van der Waals surface area contributed by atoms with Crippen LogP contribution in [0.2, 0.25) is 0 Å². The second kappa shape index (κ2) is 11.8. The van der Waals surface area contributed by atoms with Crippen molar-refractivity contribution in [2.75, 3.05) is 63.0 Å². The molecule has 2 heterocycles. The molecule has 1 N–H and O–H groups in total. The van der Waals surface area contributed by atoms with Crippen LogP contribution >= 0.6 is 0 Å². The zero-order valence-corrected chi connectivity index (χ0v) is 19.7. The van der Waals surface area contributed by atoms with Gasteiger partial charge in [0.25, 0.3) is 11.8 Å². The summed E-state index contributed by atoms with van der Waals surface area (Å²) in [6.45, 7) is 1.01. The maximum absolute atomic E-state index is 12.8. The molecule has 1 fully saturated rings. The van der Waals surface area contributed by atoms with Gasteiger partial charge in [0.2, 0.25) is 0 Å². The lowest BCUT2D eigenvalue weighted by Crippen LogP contribution is -2.33. The molecule has 4 rings (SSSR count). The molecule has 0 unspecified atom stereocenters. The van der Waals surface area contributed by atoms with Gasteiger partial charge in [0, 0.05) is 61.2 Å². The van der Waals surface area contributed by atoms with Gasteiger partial charge >= 0.3 is 5.63 Å². The van der Waals surface area contributed by atoms with Gasteiger partial charge in [-0.05, 0) is 48.9 Å². The Hall–Kier alpha value is -3.79. The lowest BCUT2D eigenvalue weighted by atomic mass is 10.1. The van der Waals surface area contributed by atoms with Crippen LogP contribution in [-0.4, -0.2) is 69.5 Å². The molecular formula is C26H27F2N3O5. The highest BCUT2D eigenvalue weighted by atomic mass is 19.1. The molecule has 1 aromatic heterocycles. The van der Waals surface area contributed by atoms with Gasteiger partial charge < -0.3 is 24.3 Å². The Labute approximate surface area is 206 Å². The predicted octanol–water partition coefficient (Wildman–Crippen LogP) is 3.65. The van der Waals surface area contributed by atoms with Crippen molar-refractivity contribution in [3.05, 3.63) is 70.1 Å². The van der Waals surface area contributed by atoms with Gasteiger partial charge in [-0.2, -0.15) is 0 Å². The number of ether oxygens (including phenoxy) is 1. The van der Waals surface area contributed by atoms with E-state index in [1.165, 1.54) is 17.0 Å². The van der Waals surface area contributed by atoms with E-state index in [1.54, 1.807) is 41.3 Å². The lowest BCUT2D eigenvalue weighted by molar-refractivity contribution is 0.0741. The van der Waals surface area contributed by atoms with E-state index in [1.807, 2.05) is 0 Å². The summed E-state index contributed by atoms with van der Waals surface area (Å²) >= 11 is 0. The maximum Gasteiger partial charge on any atom is 0.349 e. The molecule has 0 radical (unpaired) electrons. The van der Waals surface area contributed by atoms with Crippen molar-refractivity contribution >= 4 is 34.2 Å². The molecule has 0 spiro atoms. The van der Waals surface area contributed by atoms with Crippen LogP contribution in [0.4, 0.5) is 20.2 Å². The van der Waals surface area contributed by atoms with Crippen molar-refractivity contribution < 1.29 is 27.5 Å². The third-order valence-electron chi connectivity index (χ3n) is 5.94. The third kappa shape index (κ3) is 5.88. The number of rotatable bonds is 8. The summed E-state index contributed by atoms with van der Waals surface area (Å²) in [6, 6.07) is 12.6. The first-order valence-electron chi connectivity index (χ1n) is 11.7. The molecule has 8 nitrogen and oxygen atoms in total. The van der Waals surface area contributed by atoms with Crippen LogP contribution in [-0.2, 0) is 4.74 Å².